The second-order valence-corrected chi connectivity index (χ2v) is 4.43. The molecule has 0 spiro atoms. The largest absolute Gasteiger partial charge is 0.456 e. The van der Waals surface area contributed by atoms with Gasteiger partial charge in [0.25, 0.3) is 0 Å². The van der Waals surface area contributed by atoms with Crippen LogP contribution in [0, 0.1) is 0 Å². The van der Waals surface area contributed by atoms with Crippen molar-refractivity contribution < 1.29 is 9.84 Å². The topological polar surface area (TPSA) is 68.4 Å². The molecule has 3 N–H and O–H groups in total. The number of aliphatic hydroxyl groups is 1. The van der Waals surface area contributed by atoms with Gasteiger partial charge in [-0.05, 0) is 43.2 Å². The van der Waals surface area contributed by atoms with Gasteiger partial charge in [0, 0.05) is 12.6 Å². The van der Waals surface area contributed by atoms with Gasteiger partial charge in [0.1, 0.15) is 11.5 Å². The highest BCUT2D eigenvalue weighted by Gasteiger charge is 2.02. The Morgan fingerprint density at radius 3 is 2.37 bits per heavy atom. The molecule has 0 aliphatic carbocycles. The van der Waals surface area contributed by atoms with Gasteiger partial charge in [-0.1, -0.05) is 12.1 Å². The minimum absolute atomic E-state index is 0.0770. The molecular formula is C15H18N2O2. The number of pyridine rings is 1. The van der Waals surface area contributed by atoms with E-state index < -0.39 is 0 Å². The molecule has 2 rings (SSSR count). The minimum Gasteiger partial charge on any atom is -0.456 e. The van der Waals surface area contributed by atoms with E-state index in [0.717, 1.165) is 17.0 Å². The van der Waals surface area contributed by atoms with E-state index in [-0.39, 0.29) is 12.6 Å². The zero-order chi connectivity index (χ0) is 13.7. The van der Waals surface area contributed by atoms with Crippen LogP contribution in [0.3, 0.4) is 0 Å². The number of hydrogen-bond acceptors (Lipinski definition) is 4. The first-order valence-electron chi connectivity index (χ1n) is 6.28. The second-order valence-electron chi connectivity index (χ2n) is 4.43. The van der Waals surface area contributed by atoms with E-state index in [1.54, 1.807) is 6.20 Å². The Bertz CT molecular complexity index is 507. The quantitative estimate of drug-likeness (QED) is 0.864. The number of hydrogen-bond donors (Lipinski definition) is 2. The summed E-state index contributed by atoms with van der Waals surface area (Å²) in [6.07, 6.45) is 2.32. The number of nitrogens with two attached hydrogens (primary N) is 1. The number of nitrogens with zero attached hydrogens (tertiary/aromatic N) is 1. The Labute approximate surface area is 112 Å². The summed E-state index contributed by atoms with van der Waals surface area (Å²) >= 11 is 0. The van der Waals surface area contributed by atoms with Crippen molar-refractivity contribution in [3.63, 3.8) is 0 Å². The number of ether oxygens (including phenoxy) is 1. The van der Waals surface area contributed by atoms with Crippen LogP contribution >= 0.6 is 0 Å². The minimum atomic E-state index is -0.0770. The van der Waals surface area contributed by atoms with Gasteiger partial charge < -0.3 is 15.6 Å². The molecule has 0 radical (unpaired) electrons. The molecule has 19 heavy (non-hydrogen) atoms. The molecule has 0 saturated heterocycles. The van der Waals surface area contributed by atoms with Crippen molar-refractivity contribution in [1.82, 2.24) is 4.98 Å². The summed E-state index contributed by atoms with van der Waals surface area (Å²) in [5, 5.41) is 8.85. The standard InChI is InChI=1S/C15H18N2O2/c1-11(16)15-7-6-14(10-17-15)19-13-4-2-12(3-5-13)8-9-18/h2-7,10-11,18H,8-9,16H2,1H3/t11-/m1/s1. The van der Waals surface area contributed by atoms with E-state index in [1.165, 1.54) is 0 Å². The maximum absolute atomic E-state index is 8.85. The van der Waals surface area contributed by atoms with Gasteiger partial charge in [0.15, 0.2) is 0 Å². The lowest BCUT2D eigenvalue weighted by Crippen LogP contribution is -2.06. The second kappa shape index (κ2) is 6.31. The van der Waals surface area contributed by atoms with Crippen LogP contribution in [0.5, 0.6) is 11.5 Å². The van der Waals surface area contributed by atoms with Crippen molar-refractivity contribution >= 4 is 0 Å². The van der Waals surface area contributed by atoms with E-state index >= 15 is 0 Å². The third-order valence-corrected chi connectivity index (χ3v) is 2.79. The van der Waals surface area contributed by atoms with Crippen LogP contribution in [0.2, 0.25) is 0 Å². The average molecular weight is 258 g/mol. The fourth-order valence-corrected chi connectivity index (χ4v) is 1.71. The van der Waals surface area contributed by atoms with Gasteiger partial charge >= 0.3 is 0 Å². The van der Waals surface area contributed by atoms with Crippen LogP contribution < -0.4 is 10.5 Å². The van der Waals surface area contributed by atoms with Gasteiger partial charge in [-0.15, -0.1) is 0 Å². The number of aromatic nitrogens is 1. The SMILES string of the molecule is C[C@@H](N)c1ccc(Oc2ccc(CCO)cc2)cn1. The summed E-state index contributed by atoms with van der Waals surface area (Å²) in [4.78, 5) is 4.24. The Balaban J connectivity index is 2.04. The van der Waals surface area contributed by atoms with Gasteiger partial charge in [-0.3, -0.25) is 4.98 Å². The molecule has 1 aromatic carbocycles. The molecule has 2 aromatic rings. The normalized spacial score (nSPS) is 12.2. The van der Waals surface area contributed by atoms with Crippen molar-refractivity contribution in [1.29, 1.82) is 0 Å². The number of aliphatic hydroxyl groups excluding tert-OH is 1. The Kier molecular flexibility index (Phi) is 4.49. The molecule has 0 amide bonds. The number of benzene rings is 1. The zero-order valence-electron chi connectivity index (χ0n) is 10.9. The molecule has 100 valence electrons. The van der Waals surface area contributed by atoms with E-state index in [9.17, 15) is 0 Å². The monoisotopic (exact) mass is 258 g/mol. The molecule has 0 aliphatic heterocycles. The van der Waals surface area contributed by atoms with Crippen LogP contribution in [-0.2, 0) is 6.42 Å². The lowest BCUT2D eigenvalue weighted by atomic mass is 10.1. The van der Waals surface area contributed by atoms with Gasteiger partial charge in [0.2, 0.25) is 0 Å². The fourth-order valence-electron chi connectivity index (χ4n) is 1.71. The zero-order valence-corrected chi connectivity index (χ0v) is 10.9. The van der Waals surface area contributed by atoms with Crippen molar-refractivity contribution in [3.8, 4) is 11.5 Å². The lowest BCUT2D eigenvalue weighted by Gasteiger charge is -2.08. The van der Waals surface area contributed by atoms with Crippen molar-refractivity contribution in [2.75, 3.05) is 6.61 Å². The third-order valence-electron chi connectivity index (χ3n) is 2.79. The van der Waals surface area contributed by atoms with E-state index in [0.29, 0.717) is 12.2 Å². The van der Waals surface area contributed by atoms with E-state index in [4.69, 9.17) is 15.6 Å². The van der Waals surface area contributed by atoms with E-state index in [1.807, 2.05) is 43.3 Å². The van der Waals surface area contributed by atoms with Crippen LogP contribution in [0.1, 0.15) is 24.2 Å². The Hall–Kier alpha value is -1.91. The molecule has 0 fully saturated rings. The molecule has 1 aromatic heterocycles. The summed E-state index contributed by atoms with van der Waals surface area (Å²) in [6, 6.07) is 11.3. The molecular weight excluding hydrogens is 240 g/mol. The van der Waals surface area contributed by atoms with Gasteiger partial charge in [-0.25, -0.2) is 0 Å². The Morgan fingerprint density at radius 1 is 1.16 bits per heavy atom. The maximum atomic E-state index is 8.85. The first-order chi connectivity index (χ1) is 9.19. The predicted molar refractivity (Wildman–Crippen MR) is 74.1 cm³/mol. The molecule has 0 saturated carbocycles. The summed E-state index contributed by atoms with van der Waals surface area (Å²) in [5.41, 5.74) is 7.66. The number of rotatable bonds is 5. The fraction of sp³-hybridized carbons (Fsp3) is 0.267. The van der Waals surface area contributed by atoms with Crippen molar-refractivity contribution in [2.24, 2.45) is 5.73 Å². The molecule has 0 unspecified atom stereocenters. The molecule has 0 bridgehead atoms. The lowest BCUT2D eigenvalue weighted by molar-refractivity contribution is 0.299. The maximum Gasteiger partial charge on any atom is 0.145 e. The van der Waals surface area contributed by atoms with Crippen molar-refractivity contribution in [3.05, 3.63) is 53.9 Å². The van der Waals surface area contributed by atoms with Crippen LogP contribution in [0.15, 0.2) is 42.6 Å². The smallest absolute Gasteiger partial charge is 0.145 e. The highest BCUT2D eigenvalue weighted by Crippen LogP contribution is 2.21. The summed E-state index contributed by atoms with van der Waals surface area (Å²) in [5.74, 6) is 1.43. The van der Waals surface area contributed by atoms with Crippen LogP contribution in [-0.4, -0.2) is 16.7 Å². The van der Waals surface area contributed by atoms with Crippen LogP contribution in [0.25, 0.3) is 0 Å². The highest BCUT2D eigenvalue weighted by atomic mass is 16.5. The van der Waals surface area contributed by atoms with Crippen LogP contribution in [0.4, 0.5) is 0 Å². The molecule has 1 atom stereocenters. The average Bonchev–Trinajstić information content (AvgIpc) is 2.42. The first-order valence-corrected chi connectivity index (χ1v) is 6.28. The van der Waals surface area contributed by atoms with E-state index in [2.05, 4.69) is 4.98 Å². The summed E-state index contributed by atoms with van der Waals surface area (Å²) in [6.45, 7) is 2.05. The predicted octanol–water partition coefficient (Wildman–Crippen LogP) is 2.43. The highest BCUT2D eigenvalue weighted by molar-refractivity contribution is 5.32. The molecule has 4 nitrogen and oxygen atoms in total. The van der Waals surface area contributed by atoms with Gasteiger partial charge in [0.05, 0.1) is 11.9 Å². The first kappa shape index (κ1) is 13.5. The Morgan fingerprint density at radius 2 is 1.84 bits per heavy atom. The van der Waals surface area contributed by atoms with Gasteiger partial charge in [-0.2, -0.15) is 0 Å². The molecule has 4 heteroatoms. The molecule has 1 heterocycles. The molecule has 0 aliphatic rings. The third kappa shape index (κ3) is 3.77. The summed E-state index contributed by atoms with van der Waals surface area (Å²) in [7, 11) is 0. The van der Waals surface area contributed by atoms with Crippen molar-refractivity contribution in [2.45, 2.75) is 19.4 Å². The summed E-state index contributed by atoms with van der Waals surface area (Å²) < 4.78 is 5.68.